The molecule has 1 aliphatic carbocycles. The van der Waals surface area contributed by atoms with E-state index in [9.17, 15) is 4.79 Å². The number of carbonyl (C=O) groups is 1. The van der Waals surface area contributed by atoms with Gasteiger partial charge in [-0.3, -0.25) is 4.79 Å². The molecule has 0 atom stereocenters. The van der Waals surface area contributed by atoms with E-state index in [1.165, 1.54) is 25.7 Å². The molecule has 0 bridgehead atoms. The Morgan fingerprint density at radius 1 is 1.26 bits per heavy atom. The third-order valence-electron chi connectivity index (χ3n) is 3.28. The van der Waals surface area contributed by atoms with Crippen molar-refractivity contribution < 1.29 is 4.79 Å². The number of benzene rings is 1. The van der Waals surface area contributed by atoms with Gasteiger partial charge in [-0.05, 0) is 24.5 Å². The fourth-order valence-corrected chi connectivity index (χ4v) is 3.47. The Kier molecular flexibility index (Phi) is 6.02. The SMILES string of the molecule is O=C(/C=C/c1ccccc1)NCCSC1CCCC1. The monoisotopic (exact) mass is 275 g/mol. The topological polar surface area (TPSA) is 29.1 Å². The van der Waals surface area contributed by atoms with Gasteiger partial charge in [0.05, 0.1) is 0 Å². The predicted molar refractivity (Wildman–Crippen MR) is 83.2 cm³/mol. The fourth-order valence-electron chi connectivity index (χ4n) is 2.25. The first kappa shape index (κ1) is 14.2. The minimum Gasteiger partial charge on any atom is -0.352 e. The molecule has 1 fully saturated rings. The second kappa shape index (κ2) is 8.05. The lowest BCUT2D eigenvalue weighted by molar-refractivity contribution is -0.116. The number of amides is 1. The first-order valence-corrected chi connectivity index (χ1v) is 8.02. The highest BCUT2D eigenvalue weighted by Gasteiger charge is 2.14. The minimum absolute atomic E-state index is 0.00382. The van der Waals surface area contributed by atoms with E-state index in [2.05, 4.69) is 5.32 Å². The summed E-state index contributed by atoms with van der Waals surface area (Å²) >= 11 is 2.00. The summed E-state index contributed by atoms with van der Waals surface area (Å²) in [7, 11) is 0. The van der Waals surface area contributed by atoms with Crippen LogP contribution in [0.25, 0.3) is 6.08 Å². The maximum atomic E-state index is 11.6. The summed E-state index contributed by atoms with van der Waals surface area (Å²) in [5.41, 5.74) is 1.05. The van der Waals surface area contributed by atoms with E-state index in [0.29, 0.717) is 0 Å². The molecule has 0 aliphatic heterocycles. The largest absolute Gasteiger partial charge is 0.352 e. The van der Waals surface area contributed by atoms with E-state index >= 15 is 0 Å². The molecule has 2 nitrogen and oxygen atoms in total. The number of thioether (sulfide) groups is 1. The normalized spacial score (nSPS) is 16.0. The molecular formula is C16H21NOS. The van der Waals surface area contributed by atoms with Crippen LogP contribution in [0, 0.1) is 0 Å². The summed E-state index contributed by atoms with van der Waals surface area (Å²) in [6.07, 6.45) is 8.92. The van der Waals surface area contributed by atoms with Crippen LogP contribution in [-0.2, 0) is 4.79 Å². The van der Waals surface area contributed by atoms with Crippen LogP contribution in [0.3, 0.4) is 0 Å². The van der Waals surface area contributed by atoms with Gasteiger partial charge >= 0.3 is 0 Å². The molecule has 1 amide bonds. The van der Waals surface area contributed by atoms with Gasteiger partial charge in [0, 0.05) is 23.6 Å². The zero-order valence-electron chi connectivity index (χ0n) is 11.2. The Balaban J connectivity index is 1.60. The average molecular weight is 275 g/mol. The fraction of sp³-hybridized carbons (Fsp3) is 0.438. The molecule has 0 unspecified atom stereocenters. The second-order valence-corrected chi connectivity index (χ2v) is 6.22. The molecule has 2 rings (SSSR count). The Morgan fingerprint density at radius 3 is 2.74 bits per heavy atom. The molecule has 0 spiro atoms. The van der Waals surface area contributed by atoms with Crippen molar-refractivity contribution >= 4 is 23.7 Å². The van der Waals surface area contributed by atoms with Gasteiger partial charge in [0.25, 0.3) is 0 Å². The van der Waals surface area contributed by atoms with Crippen molar-refractivity contribution in [3.8, 4) is 0 Å². The van der Waals surface area contributed by atoms with Crippen LogP contribution in [0.2, 0.25) is 0 Å². The highest BCUT2D eigenvalue weighted by atomic mass is 32.2. The molecule has 1 aliphatic rings. The number of rotatable bonds is 6. The first-order chi connectivity index (χ1) is 9.34. The predicted octanol–water partition coefficient (Wildman–Crippen LogP) is 3.49. The van der Waals surface area contributed by atoms with Gasteiger partial charge in [-0.25, -0.2) is 0 Å². The summed E-state index contributed by atoms with van der Waals surface area (Å²) in [6, 6.07) is 9.88. The highest BCUT2D eigenvalue weighted by Crippen LogP contribution is 2.28. The average Bonchev–Trinajstić information content (AvgIpc) is 2.96. The summed E-state index contributed by atoms with van der Waals surface area (Å²) in [4.78, 5) is 11.6. The maximum absolute atomic E-state index is 11.6. The van der Waals surface area contributed by atoms with Crippen LogP contribution in [-0.4, -0.2) is 23.5 Å². The molecule has 1 saturated carbocycles. The Morgan fingerprint density at radius 2 is 2.00 bits per heavy atom. The molecular weight excluding hydrogens is 254 g/mol. The first-order valence-electron chi connectivity index (χ1n) is 6.97. The molecule has 1 aromatic carbocycles. The summed E-state index contributed by atoms with van der Waals surface area (Å²) in [6.45, 7) is 0.763. The maximum Gasteiger partial charge on any atom is 0.244 e. The summed E-state index contributed by atoms with van der Waals surface area (Å²) < 4.78 is 0. The minimum atomic E-state index is -0.00382. The number of carbonyl (C=O) groups excluding carboxylic acids is 1. The summed E-state index contributed by atoms with van der Waals surface area (Å²) in [5, 5.41) is 3.76. The van der Waals surface area contributed by atoms with Gasteiger partial charge in [-0.1, -0.05) is 43.2 Å². The van der Waals surface area contributed by atoms with Crippen LogP contribution in [0.5, 0.6) is 0 Å². The zero-order valence-corrected chi connectivity index (χ0v) is 12.0. The van der Waals surface area contributed by atoms with Crippen molar-refractivity contribution in [1.82, 2.24) is 5.32 Å². The zero-order chi connectivity index (χ0) is 13.3. The van der Waals surface area contributed by atoms with Crippen LogP contribution >= 0.6 is 11.8 Å². The molecule has 102 valence electrons. The molecule has 0 saturated heterocycles. The molecule has 1 aromatic rings. The molecule has 1 N–H and O–H groups in total. The van der Waals surface area contributed by atoms with Gasteiger partial charge < -0.3 is 5.32 Å². The van der Waals surface area contributed by atoms with Crippen LogP contribution in [0.1, 0.15) is 31.2 Å². The Bertz CT molecular complexity index is 410. The second-order valence-electron chi connectivity index (χ2n) is 4.81. The number of hydrogen-bond donors (Lipinski definition) is 1. The molecule has 0 heterocycles. The van der Waals surface area contributed by atoms with Crippen molar-refractivity contribution in [2.75, 3.05) is 12.3 Å². The standard InChI is InChI=1S/C16H21NOS/c18-16(11-10-14-6-2-1-3-7-14)17-12-13-19-15-8-4-5-9-15/h1-3,6-7,10-11,15H,4-5,8-9,12-13H2,(H,17,18)/b11-10+. The lowest BCUT2D eigenvalue weighted by Crippen LogP contribution is -2.24. The molecule has 19 heavy (non-hydrogen) atoms. The summed E-state index contributed by atoms with van der Waals surface area (Å²) in [5.74, 6) is 1.02. The van der Waals surface area contributed by atoms with Crippen molar-refractivity contribution in [3.63, 3.8) is 0 Å². The van der Waals surface area contributed by atoms with Crippen LogP contribution < -0.4 is 5.32 Å². The van der Waals surface area contributed by atoms with Crippen molar-refractivity contribution in [2.45, 2.75) is 30.9 Å². The van der Waals surface area contributed by atoms with E-state index in [0.717, 1.165) is 23.1 Å². The Hall–Kier alpha value is -1.22. The van der Waals surface area contributed by atoms with Gasteiger partial charge in [0.15, 0.2) is 0 Å². The lowest BCUT2D eigenvalue weighted by Gasteiger charge is -2.08. The third kappa shape index (κ3) is 5.52. The van der Waals surface area contributed by atoms with Crippen molar-refractivity contribution in [2.24, 2.45) is 0 Å². The van der Waals surface area contributed by atoms with Gasteiger partial charge in [-0.2, -0.15) is 11.8 Å². The smallest absolute Gasteiger partial charge is 0.244 e. The van der Waals surface area contributed by atoms with Crippen molar-refractivity contribution in [1.29, 1.82) is 0 Å². The van der Waals surface area contributed by atoms with E-state index in [4.69, 9.17) is 0 Å². The van der Waals surface area contributed by atoms with E-state index in [-0.39, 0.29) is 5.91 Å². The third-order valence-corrected chi connectivity index (χ3v) is 4.67. The Labute approximate surface area is 119 Å². The quantitative estimate of drug-likeness (QED) is 0.636. The van der Waals surface area contributed by atoms with Crippen LogP contribution in [0.15, 0.2) is 36.4 Å². The van der Waals surface area contributed by atoms with Crippen molar-refractivity contribution in [3.05, 3.63) is 42.0 Å². The van der Waals surface area contributed by atoms with Gasteiger partial charge in [0.2, 0.25) is 5.91 Å². The highest BCUT2D eigenvalue weighted by molar-refractivity contribution is 7.99. The lowest BCUT2D eigenvalue weighted by atomic mass is 10.2. The van der Waals surface area contributed by atoms with Gasteiger partial charge in [-0.15, -0.1) is 0 Å². The molecule has 0 radical (unpaired) electrons. The molecule has 0 aromatic heterocycles. The number of nitrogens with one attached hydrogen (secondary N) is 1. The van der Waals surface area contributed by atoms with E-state index in [1.54, 1.807) is 6.08 Å². The number of hydrogen-bond acceptors (Lipinski definition) is 2. The van der Waals surface area contributed by atoms with Gasteiger partial charge in [0.1, 0.15) is 0 Å². The van der Waals surface area contributed by atoms with E-state index in [1.807, 2.05) is 48.2 Å². The molecule has 3 heteroatoms. The van der Waals surface area contributed by atoms with E-state index < -0.39 is 0 Å². The van der Waals surface area contributed by atoms with Crippen LogP contribution in [0.4, 0.5) is 0 Å².